The molecule has 2 aromatic heterocycles. The smallest absolute Gasteiger partial charge is 0.252 e. The van der Waals surface area contributed by atoms with Gasteiger partial charge < -0.3 is 10.6 Å². The van der Waals surface area contributed by atoms with Crippen molar-refractivity contribution >= 4 is 91.9 Å². The molecule has 0 spiro atoms. The summed E-state index contributed by atoms with van der Waals surface area (Å²) in [5.74, 6) is 2.45. The van der Waals surface area contributed by atoms with E-state index in [1.165, 1.54) is 29.4 Å². The number of amides is 3. The second kappa shape index (κ2) is 21.5. The predicted octanol–water partition coefficient (Wildman–Crippen LogP) is 3.29. The summed E-state index contributed by atoms with van der Waals surface area (Å²) in [5.41, 5.74) is 8.87. The summed E-state index contributed by atoms with van der Waals surface area (Å²) in [7, 11) is 4.51. The Bertz CT molecular complexity index is 1190. The molecule has 0 unspecified atom stereocenters. The highest BCUT2D eigenvalue weighted by Gasteiger charge is 2.06. The van der Waals surface area contributed by atoms with Crippen LogP contribution in [0, 0.1) is 0 Å². The van der Waals surface area contributed by atoms with Crippen LogP contribution in [-0.4, -0.2) is 77.8 Å². The number of carbonyl (C=O) groups excluding carboxylic acids is 3. The van der Waals surface area contributed by atoms with Gasteiger partial charge in [-0.05, 0) is 31.2 Å². The van der Waals surface area contributed by atoms with Crippen molar-refractivity contribution in [3.8, 4) is 0 Å². The molecule has 0 aliphatic heterocycles. The predicted molar refractivity (Wildman–Crippen MR) is 175 cm³/mol. The van der Waals surface area contributed by atoms with E-state index in [1.54, 1.807) is 65.2 Å². The average Bonchev–Trinajstić information content (AvgIpc) is 3.01. The molecule has 0 aliphatic carbocycles. The van der Waals surface area contributed by atoms with Gasteiger partial charge in [0.2, 0.25) is 5.91 Å². The van der Waals surface area contributed by atoms with Gasteiger partial charge in [-0.3, -0.25) is 25.2 Å². The van der Waals surface area contributed by atoms with E-state index >= 15 is 0 Å². The topological polar surface area (TPSA) is 174 Å². The van der Waals surface area contributed by atoms with Gasteiger partial charge in [-0.15, -0.1) is 11.6 Å². The summed E-state index contributed by atoms with van der Waals surface area (Å²) < 4.78 is 6.99. The average molecular weight is 639 g/mol. The van der Waals surface area contributed by atoms with Gasteiger partial charge >= 0.3 is 0 Å². The van der Waals surface area contributed by atoms with Crippen LogP contribution in [-0.2, 0) is 4.79 Å². The number of nitrogens with one attached hydrogen (secondary N) is 5. The molecule has 0 aromatic carbocycles. The van der Waals surface area contributed by atoms with Crippen molar-refractivity contribution in [1.29, 1.82) is 1.12 Å². The largest absolute Gasteiger partial charge is 0.351 e. The summed E-state index contributed by atoms with van der Waals surface area (Å²) in [4.78, 5) is 44.1. The Labute approximate surface area is 256 Å². The molecule has 0 fully saturated rings. The van der Waals surface area contributed by atoms with Gasteiger partial charge in [-0.25, -0.2) is 15.4 Å². The van der Waals surface area contributed by atoms with Gasteiger partial charge in [-0.2, -0.15) is 15.3 Å². The molecule has 0 aliphatic rings. The number of thiol groups is 1. The molecule has 3 amide bonds. The SMILES string of the molecule is [3H]SSCCNC(=O)c1ccc(N/N=C/C/C=N/Nc2ccc(C(=O)NCCSSCCC(=O)N/N=C/C)cn2)nc1. The minimum Gasteiger partial charge on any atom is -0.351 e. The van der Waals surface area contributed by atoms with E-state index in [4.69, 9.17) is 1.12 Å². The van der Waals surface area contributed by atoms with Crippen molar-refractivity contribution in [1.82, 2.24) is 26.0 Å². The van der Waals surface area contributed by atoms with Gasteiger partial charge in [-0.1, -0.05) is 32.4 Å². The molecule has 5 N–H and O–H groups in total. The number of hydrogen-bond donors (Lipinski definition) is 6. The Balaban J connectivity index is 1.58. The molecule has 17 heteroatoms. The molecule has 13 nitrogen and oxygen atoms in total. The van der Waals surface area contributed by atoms with Crippen LogP contribution in [0.5, 0.6) is 0 Å². The van der Waals surface area contributed by atoms with Crippen molar-refractivity contribution in [2.45, 2.75) is 19.8 Å². The third-order valence-corrected chi connectivity index (χ3v) is 7.84. The van der Waals surface area contributed by atoms with E-state index in [9.17, 15) is 14.4 Å². The maximum atomic E-state index is 12.3. The third kappa shape index (κ3) is 15.3. The van der Waals surface area contributed by atoms with Gasteiger partial charge in [0, 0.05) is 74.2 Å². The van der Waals surface area contributed by atoms with E-state index in [0.29, 0.717) is 66.0 Å². The van der Waals surface area contributed by atoms with Crippen LogP contribution in [0.25, 0.3) is 0 Å². The summed E-state index contributed by atoms with van der Waals surface area (Å²) in [6.07, 6.45) is 8.48. The number of carbonyl (C=O) groups is 3. The number of hydrogen-bond acceptors (Lipinski definition) is 14. The first-order valence-electron chi connectivity index (χ1n) is 12.7. The molecule has 0 radical (unpaired) electrons. The molecule has 0 atom stereocenters. The minimum absolute atomic E-state index is 0.125. The van der Waals surface area contributed by atoms with Crippen LogP contribution in [0.4, 0.5) is 11.6 Å². The van der Waals surface area contributed by atoms with Crippen LogP contribution < -0.4 is 26.9 Å². The van der Waals surface area contributed by atoms with Crippen LogP contribution in [0.3, 0.4) is 0 Å². The van der Waals surface area contributed by atoms with Gasteiger partial charge in [0.25, 0.3) is 11.8 Å². The van der Waals surface area contributed by atoms with Crippen molar-refractivity contribution in [2.75, 3.05) is 41.2 Å². The third-order valence-electron chi connectivity index (χ3n) is 4.56. The fourth-order valence-electron chi connectivity index (χ4n) is 2.63. The standard InChI is InChI=1S/C24H32N10O3S4/c1-2-29-34-22(35)8-13-40-41-15-12-26-24(37)19-5-7-21(28-17-19)33-31-10-3-9-30-32-20-6-4-18(16-27-20)23(36)25-11-14-39-38/h2,4-7,9-10,16-17,38H,3,8,11-15H2,1H3,(H,25,36)(H,26,37)(H,27,32)(H,28,33)(H,34,35)/b29-2+,30-9+,31-10+/i/hT. The number of hydrazone groups is 3. The maximum Gasteiger partial charge on any atom is 0.252 e. The van der Waals surface area contributed by atoms with Crippen molar-refractivity contribution in [3.05, 3.63) is 47.8 Å². The Hall–Kier alpha value is -3.28. The normalized spacial score (nSPS) is 11.5. The zero-order chi connectivity index (χ0) is 30.3. The van der Waals surface area contributed by atoms with E-state index in [0.717, 1.165) is 11.6 Å². The lowest BCUT2D eigenvalue weighted by Gasteiger charge is -2.05. The molecular formula is C24H32N10O3S4. The Morgan fingerprint density at radius 2 is 1.46 bits per heavy atom. The second-order valence-corrected chi connectivity index (χ2v) is 11.7. The lowest BCUT2D eigenvalue weighted by molar-refractivity contribution is -0.120. The number of pyridine rings is 2. The number of aromatic nitrogens is 2. The monoisotopic (exact) mass is 638 g/mol. The minimum atomic E-state index is -0.219. The van der Waals surface area contributed by atoms with E-state index in [-0.39, 0.29) is 17.7 Å². The van der Waals surface area contributed by atoms with Crippen molar-refractivity contribution in [3.63, 3.8) is 0 Å². The lowest BCUT2D eigenvalue weighted by atomic mass is 10.2. The zero-order valence-electron chi connectivity index (χ0n) is 23.2. The van der Waals surface area contributed by atoms with Gasteiger partial charge in [0.05, 0.1) is 11.1 Å². The number of anilines is 2. The first kappa shape index (κ1) is 32.2. The van der Waals surface area contributed by atoms with Crippen molar-refractivity contribution in [2.24, 2.45) is 15.3 Å². The Morgan fingerprint density at radius 3 is 2.00 bits per heavy atom. The summed E-state index contributed by atoms with van der Waals surface area (Å²) >= 11 is 0.915. The number of rotatable bonds is 20. The molecule has 0 bridgehead atoms. The van der Waals surface area contributed by atoms with E-state index in [2.05, 4.69) is 52.2 Å². The molecule has 2 heterocycles. The first-order chi connectivity index (χ1) is 20.5. The zero-order valence-corrected chi connectivity index (χ0v) is 25.5. The Morgan fingerprint density at radius 1 is 0.878 bits per heavy atom. The van der Waals surface area contributed by atoms with Crippen LogP contribution in [0.2, 0.25) is 0 Å². The van der Waals surface area contributed by atoms with Crippen molar-refractivity contribution < 1.29 is 14.4 Å². The van der Waals surface area contributed by atoms with Crippen LogP contribution in [0.15, 0.2) is 52.0 Å². The Kier molecular flexibility index (Phi) is 16.9. The molecule has 41 heavy (non-hydrogen) atoms. The summed E-state index contributed by atoms with van der Waals surface area (Å²) in [5, 5.41) is 17.4. The van der Waals surface area contributed by atoms with E-state index in [1.807, 2.05) is 0 Å². The summed E-state index contributed by atoms with van der Waals surface area (Å²) in [6.45, 7) is 2.71. The molecule has 0 saturated heterocycles. The van der Waals surface area contributed by atoms with Crippen LogP contribution >= 0.6 is 43.9 Å². The lowest BCUT2D eigenvalue weighted by Crippen LogP contribution is -2.25. The number of nitrogens with zero attached hydrogens (tertiary/aromatic N) is 5. The first-order valence-corrected chi connectivity index (χ1v) is 16.7. The molecule has 2 rings (SSSR count). The fraction of sp³-hybridized carbons (Fsp3) is 0.333. The quantitative estimate of drug-likeness (QED) is 0.0415. The second-order valence-electron chi connectivity index (χ2n) is 7.60. The highest BCUT2D eigenvalue weighted by atomic mass is 33.1. The molecular weight excluding hydrogens is 605 g/mol. The van der Waals surface area contributed by atoms with E-state index < -0.39 is 0 Å². The molecule has 220 valence electrons. The maximum absolute atomic E-state index is 12.3. The highest BCUT2D eigenvalue weighted by molar-refractivity contribution is 8.76. The van der Waals surface area contributed by atoms with Gasteiger partial charge in [0.15, 0.2) is 0 Å². The summed E-state index contributed by atoms with van der Waals surface area (Å²) in [6, 6.07) is 6.62. The molecule has 0 saturated carbocycles. The van der Waals surface area contributed by atoms with Crippen LogP contribution in [0.1, 0.15) is 40.5 Å². The molecule has 2 aromatic rings. The highest BCUT2D eigenvalue weighted by Crippen LogP contribution is 2.21. The fourth-order valence-corrected chi connectivity index (χ4v) is 4.96. The van der Waals surface area contributed by atoms with Gasteiger partial charge in [0.1, 0.15) is 12.8 Å².